The average Bonchev–Trinajstić information content (AvgIpc) is 2.52. The van der Waals surface area contributed by atoms with E-state index in [-0.39, 0.29) is 12.4 Å². The monoisotopic (exact) mass is 324 g/mol. The van der Waals surface area contributed by atoms with Gasteiger partial charge in [0.25, 0.3) is 5.82 Å². The Bertz CT molecular complexity index is 414. The summed E-state index contributed by atoms with van der Waals surface area (Å²) >= 11 is 0. The van der Waals surface area contributed by atoms with Gasteiger partial charge in [0.1, 0.15) is 0 Å². The predicted octanol–water partition coefficient (Wildman–Crippen LogP) is 1.43. The minimum Gasteiger partial charge on any atom is -1.00 e. The van der Waals surface area contributed by atoms with Crippen molar-refractivity contribution >= 4 is 5.82 Å². The van der Waals surface area contributed by atoms with E-state index >= 15 is 0 Å². The lowest BCUT2D eigenvalue weighted by Gasteiger charge is -2.27. The fraction of sp³-hybridized carbons (Fsp3) is 0.737. The van der Waals surface area contributed by atoms with Crippen LogP contribution in [0.25, 0.3) is 0 Å². The first-order valence-electron chi connectivity index (χ1n) is 8.98. The van der Waals surface area contributed by atoms with Gasteiger partial charge < -0.3 is 12.4 Å². The van der Waals surface area contributed by atoms with Crippen LogP contribution in [0.1, 0.15) is 59.3 Å². The molecule has 1 fully saturated rings. The van der Waals surface area contributed by atoms with E-state index < -0.39 is 0 Å². The van der Waals surface area contributed by atoms with E-state index in [2.05, 4.69) is 54.6 Å². The lowest BCUT2D eigenvalue weighted by molar-refractivity contribution is -0.691. The highest BCUT2D eigenvalue weighted by molar-refractivity contribution is 5.32. The topological polar surface area (TPSA) is 7.12 Å². The van der Waals surface area contributed by atoms with E-state index in [4.69, 9.17) is 0 Å². The molecular formula is C19H33ClN2. The van der Waals surface area contributed by atoms with Crippen LogP contribution >= 0.6 is 0 Å². The summed E-state index contributed by atoms with van der Waals surface area (Å²) in [7, 11) is 0. The normalized spacial score (nSPS) is 17.1. The van der Waals surface area contributed by atoms with E-state index in [0.29, 0.717) is 0 Å². The summed E-state index contributed by atoms with van der Waals surface area (Å²) in [5, 5.41) is 0. The summed E-state index contributed by atoms with van der Waals surface area (Å²) in [6, 6.07) is 6.68. The molecular weight excluding hydrogens is 292 g/mol. The molecule has 1 aliphatic heterocycles. The number of pyridine rings is 1. The quantitative estimate of drug-likeness (QED) is 0.688. The van der Waals surface area contributed by atoms with Crippen LogP contribution in [0.15, 0.2) is 24.4 Å². The molecule has 0 spiro atoms. The van der Waals surface area contributed by atoms with Gasteiger partial charge in [-0.25, -0.2) is 4.57 Å². The third-order valence-electron chi connectivity index (χ3n) is 5.02. The van der Waals surface area contributed by atoms with Crippen molar-refractivity contribution in [2.75, 3.05) is 18.0 Å². The first-order chi connectivity index (χ1) is 10.2. The first kappa shape index (κ1) is 19.3. The third kappa shape index (κ3) is 5.46. The molecule has 0 saturated carbocycles. The molecule has 0 radical (unpaired) electrons. The van der Waals surface area contributed by atoms with E-state index in [9.17, 15) is 0 Å². The van der Waals surface area contributed by atoms with Crippen molar-refractivity contribution in [1.82, 2.24) is 0 Å². The molecule has 1 aromatic rings. The second-order valence-electron chi connectivity index (χ2n) is 6.80. The largest absolute Gasteiger partial charge is 1.00 e. The molecule has 126 valence electrons. The van der Waals surface area contributed by atoms with E-state index in [1.165, 1.54) is 64.0 Å². The van der Waals surface area contributed by atoms with E-state index in [1.807, 2.05) is 0 Å². The Labute approximate surface area is 143 Å². The highest BCUT2D eigenvalue weighted by atomic mass is 35.5. The molecule has 0 bridgehead atoms. The van der Waals surface area contributed by atoms with E-state index in [0.717, 1.165) is 11.8 Å². The van der Waals surface area contributed by atoms with Gasteiger partial charge in [0.15, 0.2) is 0 Å². The molecule has 0 amide bonds. The summed E-state index contributed by atoms with van der Waals surface area (Å²) in [6.45, 7) is 10.6. The standard InChI is InChI=1S/C19H33N2.ClH/c1-4-6-9-18(5-2)16-21-13-8-7-10-19(21)20-14-11-17(3)12-15-20;/h7-8,10,13,17-18H,4-6,9,11-12,14-16H2,1-3H3;1H/q+1;/p-1. The van der Waals surface area contributed by atoms with Crippen LogP contribution < -0.4 is 21.9 Å². The zero-order valence-electron chi connectivity index (χ0n) is 14.6. The van der Waals surface area contributed by atoms with Crippen molar-refractivity contribution in [3.8, 4) is 0 Å². The van der Waals surface area contributed by atoms with Crippen molar-refractivity contribution in [3.63, 3.8) is 0 Å². The molecule has 1 aliphatic rings. The maximum Gasteiger partial charge on any atom is 0.276 e. The lowest BCUT2D eigenvalue weighted by Crippen LogP contribution is -3.00. The third-order valence-corrected chi connectivity index (χ3v) is 5.02. The summed E-state index contributed by atoms with van der Waals surface area (Å²) in [5.74, 6) is 3.14. The number of rotatable bonds is 7. The number of unbranched alkanes of at least 4 members (excludes halogenated alkanes) is 1. The molecule has 1 aromatic heterocycles. The number of piperidine rings is 1. The van der Waals surface area contributed by atoms with Crippen LogP contribution in [0.5, 0.6) is 0 Å². The maximum absolute atomic E-state index is 2.59. The van der Waals surface area contributed by atoms with Gasteiger partial charge in [0.05, 0.1) is 25.8 Å². The number of aromatic nitrogens is 1. The SMILES string of the molecule is CCCCC(CC)C[n+]1ccccc1N1CCC(C)CC1.[Cl-]. The van der Waals surface area contributed by atoms with E-state index in [1.54, 1.807) is 0 Å². The summed E-state index contributed by atoms with van der Waals surface area (Å²) in [5.41, 5.74) is 0. The van der Waals surface area contributed by atoms with Crippen LogP contribution in [0, 0.1) is 11.8 Å². The van der Waals surface area contributed by atoms with Gasteiger partial charge >= 0.3 is 0 Å². The molecule has 1 atom stereocenters. The van der Waals surface area contributed by atoms with Crippen LogP contribution in [-0.2, 0) is 6.54 Å². The number of nitrogens with zero attached hydrogens (tertiary/aromatic N) is 2. The molecule has 0 aromatic carbocycles. The van der Waals surface area contributed by atoms with Crippen LogP contribution in [0.2, 0.25) is 0 Å². The van der Waals surface area contributed by atoms with Gasteiger partial charge in [-0.3, -0.25) is 4.90 Å². The van der Waals surface area contributed by atoms with Crippen molar-refractivity contribution in [1.29, 1.82) is 0 Å². The van der Waals surface area contributed by atoms with Gasteiger partial charge in [-0.05, 0) is 43.6 Å². The number of halogens is 1. The fourth-order valence-electron chi connectivity index (χ4n) is 3.34. The van der Waals surface area contributed by atoms with Crippen molar-refractivity contribution in [2.45, 2.75) is 65.8 Å². The highest BCUT2D eigenvalue weighted by Crippen LogP contribution is 2.21. The maximum atomic E-state index is 2.59. The zero-order chi connectivity index (χ0) is 15.1. The summed E-state index contributed by atoms with van der Waals surface area (Å²) in [6.07, 6.45) is 10.3. The predicted molar refractivity (Wildman–Crippen MR) is 90.6 cm³/mol. The molecule has 1 unspecified atom stereocenters. The Kier molecular flexibility index (Phi) is 8.85. The smallest absolute Gasteiger partial charge is 0.276 e. The second kappa shape index (κ2) is 10.1. The molecule has 0 aliphatic carbocycles. The molecule has 22 heavy (non-hydrogen) atoms. The minimum absolute atomic E-state index is 0. The van der Waals surface area contributed by atoms with Gasteiger partial charge in [-0.2, -0.15) is 0 Å². The minimum atomic E-state index is 0. The average molecular weight is 325 g/mol. The highest BCUT2D eigenvalue weighted by Gasteiger charge is 2.25. The fourth-order valence-corrected chi connectivity index (χ4v) is 3.34. The molecule has 3 heteroatoms. The van der Waals surface area contributed by atoms with Gasteiger partial charge in [0, 0.05) is 6.07 Å². The Balaban J connectivity index is 0.00000242. The van der Waals surface area contributed by atoms with Crippen LogP contribution in [-0.4, -0.2) is 13.1 Å². The number of hydrogen-bond acceptors (Lipinski definition) is 1. The molecule has 2 nitrogen and oxygen atoms in total. The van der Waals surface area contributed by atoms with Crippen molar-refractivity contribution in [2.24, 2.45) is 11.8 Å². The Hall–Kier alpha value is -0.760. The van der Waals surface area contributed by atoms with Gasteiger partial charge in [-0.15, -0.1) is 0 Å². The number of hydrogen-bond donors (Lipinski definition) is 0. The van der Waals surface area contributed by atoms with Gasteiger partial charge in [-0.1, -0.05) is 39.7 Å². The summed E-state index contributed by atoms with van der Waals surface area (Å²) < 4.78 is 2.50. The van der Waals surface area contributed by atoms with Crippen molar-refractivity contribution < 1.29 is 17.0 Å². The Morgan fingerprint density at radius 2 is 1.95 bits per heavy atom. The molecule has 0 N–H and O–H groups in total. The van der Waals surface area contributed by atoms with Crippen molar-refractivity contribution in [3.05, 3.63) is 24.4 Å². The summed E-state index contributed by atoms with van der Waals surface area (Å²) in [4.78, 5) is 2.59. The zero-order valence-corrected chi connectivity index (χ0v) is 15.4. The number of anilines is 1. The van der Waals surface area contributed by atoms with Crippen LogP contribution in [0.3, 0.4) is 0 Å². The molecule has 2 rings (SSSR count). The molecule has 2 heterocycles. The Morgan fingerprint density at radius 1 is 1.23 bits per heavy atom. The Morgan fingerprint density at radius 3 is 2.59 bits per heavy atom. The van der Waals surface area contributed by atoms with Gasteiger partial charge in [0.2, 0.25) is 0 Å². The molecule has 1 saturated heterocycles. The lowest BCUT2D eigenvalue weighted by atomic mass is 9.98. The van der Waals surface area contributed by atoms with Crippen LogP contribution in [0.4, 0.5) is 5.82 Å². The second-order valence-corrected chi connectivity index (χ2v) is 6.80. The first-order valence-corrected chi connectivity index (χ1v) is 8.98.